The minimum absolute atomic E-state index is 0.148. The number of carbonyl (C=O) groups is 1. The molecule has 1 rings (SSSR count). The lowest BCUT2D eigenvalue weighted by Gasteiger charge is -2.13. The lowest BCUT2D eigenvalue weighted by atomic mass is 10.0. The number of nitrogens with one attached hydrogen (secondary N) is 1. The van der Waals surface area contributed by atoms with Crippen LogP contribution in [0, 0.1) is 5.92 Å². The second kappa shape index (κ2) is 4.04. The molecule has 2 nitrogen and oxygen atoms in total. The molecule has 1 aliphatic heterocycles. The van der Waals surface area contributed by atoms with Crippen molar-refractivity contribution < 1.29 is 4.79 Å². The first kappa shape index (κ1) is 9.72. The van der Waals surface area contributed by atoms with E-state index in [0.717, 1.165) is 12.8 Å². The second-order valence-electron chi connectivity index (χ2n) is 3.96. The normalized spacial score (nSPS) is 29.7. The number of hydrogen-bond acceptors (Lipinski definition) is 2. The van der Waals surface area contributed by atoms with Crippen LogP contribution in [0.2, 0.25) is 0 Å². The molecule has 1 fully saturated rings. The van der Waals surface area contributed by atoms with Gasteiger partial charge in [0, 0.05) is 12.0 Å². The van der Waals surface area contributed by atoms with E-state index in [9.17, 15) is 4.79 Å². The van der Waals surface area contributed by atoms with E-state index in [4.69, 9.17) is 0 Å². The van der Waals surface area contributed by atoms with Gasteiger partial charge in [0.15, 0.2) is 5.78 Å². The lowest BCUT2D eigenvalue weighted by molar-refractivity contribution is -0.123. The Morgan fingerprint density at radius 2 is 2.17 bits per heavy atom. The standard InChI is InChI=1S/C10H19NO/c1-4-8-5-6-9(11-8)10(12)7(2)3/h7-9,11H,4-6H2,1-3H3. The third-order valence-electron chi connectivity index (χ3n) is 2.65. The van der Waals surface area contributed by atoms with Crippen LogP contribution >= 0.6 is 0 Å². The summed E-state index contributed by atoms with van der Waals surface area (Å²) >= 11 is 0. The van der Waals surface area contributed by atoms with Crippen molar-refractivity contribution >= 4 is 5.78 Å². The van der Waals surface area contributed by atoms with E-state index in [0.29, 0.717) is 11.8 Å². The molecule has 0 spiro atoms. The molecule has 0 radical (unpaired) electrons. The average Bonchev–Trinajstić information content (AvgIpc) is 2.50. The molecule has 0 aromatic heterocycles. The summed E-state index contributed by atoms with van der Waals surface area (Å²) in [6, 6.07) is 0.729. The van der Waals surface area contributed by atoms with Crippen molar-refractivity contribution in [3.05, 3.63) is 0 Å². The molecule has 0 aromatic carbocycles. The Labute approximate surface area is 74.7 Å². The molecule has 0 amide bonds. The van der Waals surface area contributed by atoms with Crippen LogP contribution in [0.3, 0.4) is 0 Å². The van der Waals surface area contributed by atoms with E-state index in [2.05, 4.69) is 12.2 Å². The summed E-state index contributed by atoms with van der Waals surface area (Å²) < 4.78 is 0. The smallest absolute Gasteiger partial charge is 0.152 e. The van der Waals surface area contributed by atoms with Crippen molar-refractivity contribution in [2.24, 2.45) is 5.92 Å². The highest BCUT2D eigenvalue weighted by Crippen LogP contribution is 2.17. The predicted octanol–water partition coefficient (Wildman–Crippen LogP) is 1.74. The van der Waals surface area contributed by atoms with E-state index >= 15 is 0 Å². The fraction of sp³-hybridized carbons (Fsp3) is 0.900. The molecule has 70 valence electrons. The van der Waals surface area contributed by atoms with Gasteiger partial charge in [0.1, 0.15) is 0 Å². The largest absolute Gasteiger partial charge is 0.305 e. The number of rotatable bonds is 3. The zero-order chi connectivity index (χ0) is 9.14. The number of carbonyl (C=O) groups excluding carboxylic acids is 1. The van der Waals surface area contributed by atoms with Gasteiger partial charge in [-0.05, 0) is 19.3 Å². The number of ketones is 1. The van der Waals surface area contributed by atoms with Crippen molar-refractivity contribution in [2.45, 2.75) is 52.1 Å². The van der Waals surface area contributed by atoms with Gasteiger partial charge < -0.3 is 5.32 Å². The van der Waals surface area contributed by atoms with Gasteiger partial charge in [0.05, 0.1) is 6.04 Å². The summed E-state index contributed by atoms with van der Waals surface area (Å²) in [6.07, 6.45) is 3.34. The zero-order valence-electron chi connectivity index (χ0n) is 8.26. The Hall–Kier alpha value is -0.370. The summed E-state index contributed by atoms with van der Waals surface area (Å²) in [7, 11) is 0. The Morgan fingerprint density at radius 1 is 1.50 bits per heavy atom. The minimum atomic E-state index is 0.148. The van der Waals surface area contributed by atoms with Crippen LogP contribution in [0.25, 0.3) is 0 Å². The number of hydrogen-bond donors (Lipinski definition) is 1. The third-order valence-corrected chi connectivity index (χ3v) is 2.65. The minimum Gasteiger partial charge on any atom is -0.305 e. The maximum absolute atomic E-state index is 11.5. The van der Waals surface area contributed by atoms with Gasteiger partial charge in [-0.3, -0.25) is 4.79 Å². The molecule has 0 aromatic rings. The molecule has 12 heavy (non-hydrogen) atoms. The van der Waals surface area contributed by atoms with Gasteiger partial charge in [0.2, 0.25) is 0 Å². The molecule has 1 aliphatic rings. The molecule has 0 bridgehead atoms. The third kappa shape index (κ3) is 2.07. The van der Waals surface area contributed by atoms with Gasteiger partial charge in [0.25, 0.3) is 0 Å². The summed E-state index contributed by atoms with van der Waals surface area (Å²) in [6.45, 7) is 6.12. The SMILES string of the molecule is CCC1CCC(C(=O)C(C)C)N1. The van der Waals surface area contributed by atoms with Gasteiger partial charge in [-0.2, -0.15) is 0 Å². The quantitative estimate of drug-likeness (QED) is 0.697. The monoisotopic (exact) mass is 169 g/mol. The Kier molecular flexibility index (Phi) is 3.27. The van der Waals surface area contributed by atoms with Crippen molar-refractivity contribution in [2.75, 3.05) is 0 Å². The first-order chi connectivity index (χ1) is 5.65. The van der Waals surface area contributed by atoms with Crippen LogP contribution in [-0.4, -0.2) is 17.9 Å². The highest BCUT2D eigenvalue weighted by Gasteiger charge is 2.28. The summed E-state index contributed by atoms with van der Waals surface area (Å²) in [5.74, 6) is 0.559. The number of Topliss-reactive ketones (excluding diaryl/α,β-unsaturated/α-hetero) is 1. The van der Waals surface area contributed by atoms with Crippen LogP contribution in [0.5, 0.6) is 0 Å². The van der Waals surface area contributed by atoms with Crippen LogP contribution < -0.4 is 5.32 Å². The molecule has 1 heterocycles. The molecular weight excluding hydrogens is 150 g/mol. The topological polar surface area (TPSA) is 29.1 Å². The molecule has 2 unspecified atom stereocenters. The summed E-state index contributed by atoms with van der Waals surface area (Å²) in [5.41, 5.74) is 0. The zero-order valence-corrected chi connectivity index (χ0v) is 8.26. The van der Waals surface area contributed by atoms with Gasteiger partial charge in [-0.15, -0.1) is 0 Å². The van der Waals surface area contributed by atoms with E-state index in [1.54, 1.807) is 0 Å². The molecule has 1 saturated heterocycles. The molecule has 2 atom stereocenters. The van der Waals surface area contributed by atoms with E-state index in [1.165, 1.54) is 6.42 Å². The molecule has 0 aliphatic carbocycles. The Balaban J connectivity index is 2.41. The van der Waals surface area contributed by atoms with Gasteiger partial charge >= 0.3 is 0 Å². The van der Waals surface area contributed by atoms with E-state index < -0.39 is 0 Å². The fourth-order valence-corrected chi connectivity index (χ4v) is 1.77. The first-order valence-corrected chi connectivity index (χ1v) is 4.95. The van der Waals surface area contributed by atoms with Crippen molar-refractivity contribution in [1.82, 2.24) is 5.32 Å². The second-order valence-corrected chi connectivity index (χ2v) is 3.96. The van der Waals surface area contributed by atoms with Crippen molar-refractivity contribution in [3.63, 3.8) is 0 Å². The summed E-state index contributed by atoms with van der Waals surface area (Å²) in [5, 5.41) is 3.37. The first-order valence-electron chi connectivity index (χ1n) is 4.95. The lowest BCUT2D eigenvalue weighted by Crippen LogP contribution is -2.37. The maximum Gasteiger partial charge on any atom is 0.152 e. The Bertz CT molecular complexity index is 165. The van der Waals surface area contributed by atoms with Gasteiger partial charge in [-0.25, -0.2) is 0 Å². The van der Waals surface area contributed by atoms with E-state index in [-0.39, 0.29) is 12.0 Å². The molecule has 1 N–H and O–H groups in total. The van der Waals surface area contributed by atoms with Crippen LogP contribution in [0.4, 0.5) is 0 Å². The van der Waals surface area contributed by atoms with Crippen molar-refractivity contribution in [3.8, 4) is 0 Å². The predicted molar refractivity (Wildman–Crippen MR) is 50.1 cm³/mol. The van der Waals surface area contributed by atoms with E-state index in [1.807, 2.05) is 13.8 Å². The fourth-order valence-electron chi connectivity index (χ4n) is 1.77. The van der Waals surface area contributed by atoms with Crippen LogP contribution in [0.1, 0.15) is 40.0 Å². The van der Waals surface area contributed by atoms with Crippen LogP contribution in [-0.2, 0) is 4.79 Å². The molecule has 2 heteroatoms. The summed E-state index contributed by atoms with van der Waals surface area (Å²) in [4.78, 5) is 11.5. The van der Waals surface area contributed by atoms with Crippen LogP contribution in [0.15, 0.2) is 0 Å². The maximum atomic E-state index is 11.5. The molecular formula is C10H19NO. The highest BCUT2D eigenvalue weighted by atomic mass is 16.1. The Morgan fingerprint density at radius 3 is 2.58 bits per heavy atom. The van der Waals surface area contributed by atoms with Gasteiger partial charge in [-0.1, -0.05) is 20.8 Å². The highest BCUT2D eigenvalue weighted by molar-refractivity contribution is 5.86. The molecule has 0 saturated carbocycles. The van der Waals surface area contributed by atoms with Crippen molar-refractivity contribution in [1.29, 1.82) is 0 Å². The average molecular weight is 169 g/mol.